The monoisotopic (exact) mass is 381 g/mol. The summed E-state index contributed by atoms with van der Waals surface area (Å²) in [4.78, 5) is 34.5. The molecule has 10 heteroatoms. The number of aromatic nitrogens is 4. The largest absolute Gasteiger partial charge is 0.468 e. The molecule has 3 rings (SSSR count). The van der Waals surface area contributed by atoms with Crippen LogP contribution in [0.4, 0.5) is 0 Å². The Morgan fingerprint density at radius 3 is 2.96 bits per heavy atom. The van der Waals surface area contributed by atoms with Crippen molar-refractivity contribution in [2.75, 3.05) is 31.7 Å². The van der Waals surface area contributed by atoms with Crippen LogP contribution in [0.3, 0.4) is 0 Å². The van der Waals surface area contributed by atoms with Gasteiger partial charge in [0.1, 0.15) is 5.25 Å². The number of fused-ring (bicyclic) bond motifs is 1. The molecule has 1 aliphatic rings. The molecule has 0 spiro atoms. The van der Waals surface area contributed by atoms with Crippen LogP contribution in [-0.4, -0.2) is 73.3 Å². The molecule has 1 fully saturated rings. The number of nitrogens with zero attached hydrogens (tertiary/aromatic N) is 5. The van der Waals surface area contributed by atoms with Gasteiger partial charge in [0, 0.05) is 30.2 Å². The van der Waals surface area contributed by atoms with Gasteiger partial charge < -0.3 is 9.64 Å². The fraction of sp³-hybridized carbons (Fsp3) is 0.533. The van der Waals surface area contributed by atoms with Crippen LogP contribution in [0, 0.1) is 13.8 Å². The van der Waals surface area contributed by atoms with Gasteiger partial charge in [-0.25, -0.2) is 9.50 Å². The first-order valence-corrected chi connectivity index (χ1v) is 9.82. The molecule has 1 atom stereocenters. The van der Waals surface area contributed by atoms with Gasteiger partial charge in [-0.15, -0.1) is 16.9 Å². The number of hydrogen-bond acceptors (Lipinski definition) is 8. The van der Waals surface area contributed by atoms with Crippen molar-refractivity contribution in [3.63, 3.8) is 0 Å². The molecule has 0 unspecified atom stereocenters. The Balaban J connectivity index is 1.62. The van der Waals surface area contributed by atoms with E-state index < -0.39 is 0 Å². The molecule has 0 radical (unpaired) electrons. The van der Waals surface area contributed by atoms with Gasteiger partial charge in [-0.1, -0.05) is 11.8 Å². The predicted octanol–water partition coefficient (Wildman–Crippen LogP) is 0.950. The number of esters is 1. The molecular weight excluding hydrogens is 362 g/mol. The topological polar surface area (TPSA) is 89.7 Å². The highest BCUT2D eigenvalue weighted by Crippen LogP contribution is 2.22. The third-order valence-electron chi connectivity index (χ3n) is 3.81. The third kappa shape index (κ3) is 4.06. The van der Waals surface area contributed by atoms with Gasteiger partial charge in [-0.05, 0) is 19.9 Å². The zero-order valence-electron chi connectivity index (χ0n) is 14.3. The SMILES string of the molecule is COC(=O)[C@H]1CN(C(=O)CSc2nc3nc(C)cc(C)n3n2)CCS1. The van der Waals surface area contributed by atoms with E-state index in [0.29, 0.717) is 24.0 Å². The maximum Gasteiger partial charge on any atom is 0.320 e. The van der Waals surface area contributed by atoms with Crippen molar-refractivity contribution in [1.29, 1.82) is 0 Å². The van der Waals surface area contributed by atoms with Gasteiger partial charge in [0.2, 0.25) is 11.1 Å². The summed E-state index contributed by atoms with van der Waals surface area (Å²) in [5, 5.41) is 4.59. The van der Waals surface area contributed by atoms with E-state index in [1.54, 1.807) is 9.42 Å². The van der Waals surface area contributed by atoms with Crippen LogP contribution in [0.2, 0.25) is 0 Å². The quantitative estimate of drug-likeness (QED) is 0.571. The van der Waals surface area contributed by atoms with Crippen LogP contribution >= 0.6 is 23.5 Å². The minimum absolute atomic E-state index is 0.0288. The highest BCUT2D eigenvalue weighted by Gasteiger charge is 2.29. The van der Waals surface area contributed by atoms with E-state index in [1.165, 1.54) is 30.6 Å². The minimum atomic E-state index is -0.309. The van der Waals surface area contributed by atoms with E-state index in [1.807, 2.05) is 19.9 Å². The van der Waals surface area contributed by atoms with Crippen molar-refractivity contribution >= 4 is 41.2 Å². The Kier molecular flexibility index (Phi) is 5.48. The van der Waals surface area contributed by atoms with Crippen LogP contribution in [0.25, 0.3) is 5.78 Å². The first-order valence-electron chi connectivity index (χ1n) is 7.79. The number of amides is 1. The number of rotatable bonds is 4. The Labute approximate surface area is 153 Å². The van der Waals surface area contributed by atoms with Crippen LogP contribution in [0.5, 0.6) is 0 Å². The summed E-state index contributed by atoms with van der Waals surface area (Å²) in [5.41, 5.74) is 1.83. The first-order chi connectivity index (χ1) is 12.0. The summed E-state index contributed by atoms with van der Waals surface area (Å²) in [6.45, 7) is 4.86. The minimum Gasteiger partial charge on any atom is -0.468 e. The third-order valence-corrected chi connectivity index (χ3v) is 5.79. The number of thioether (sulfide) groups is 2. The van der Waals surface area contributed by atoms with Gasteiger partial charge in [0.25, 0.3) is 5.78 Å². The number of ether oxygens (including phenoxy) is 1. The lowest BCUT2D eigenvalue weighted by Crippen LogP contribution is -2.45. The molecule has 0 aliphatic carbocycles. The highest BCUT2D eigenvalue weighted by molar-refractivity contribution is 8.00. The van der Waals surface area contributed by atoms with E-state index in [4.69, 9.17) is 4.74 Å². The van der Waals surface area contributed by atoms with E-state index in [2.05, 4.69) is 15.1 Å². The Hall–Kier alpha value is -1.81. The van der Waals surface area contributed by atoms with Gasteiger partial charge >= 0.3 is 5.97 Å². The summed E-state index contributed by atoms with van der Waals surface area (Å²) in [6.07, 6.45) is 0. The Morgan fingerprint density at radius 2 is 2.20 bits per heavy atom. The second-order valence-electron chi connectivity index (χ2n) is 5.66. The normalized spacial score (nSPS) is 17.7. The summed E-state index contributed by atoms with van der Waals surface area (Å²) in [7, 11) is 1.37. The maximum absolute atomic E-state index is 12.4. The summed E-state index contributed by atoms with van der Waals surface area (Å²) in [5.74, 6) is 1.18. The molecule has 0 aromatic carbocycles. The van der Waals surface area contributed by atoms with Crippen molar-refractivity contribution in [2.45, 2.75) is 24.3 Å². The van der Waals surface area contributed by atoms with Crippen molar-refractivity contribution < 1.29 is 14.3 Å². The fourth-order valence-electron chi connectivity index (χ4n) is 2.58. The predicted molar refractivity (Wildman–Crippen MR) is 95.8 cm³/mol. The highest BCUT2D eigenvalue weighted by atomic mass is 32.2. The number of carbonyl (C=O) groups is 2. The lowest BCUT2D eigenvalue weighted by molar-refractivity contribution is -0.141. The van der Waals surface area contributed by atoms with Crippen molar-refractivity contribution in [3.8, 4) is 0 Å². The number of hydrogen-bond donors (Lipinski definition) is 0. The molecule has 0 N–H and O–H groups in total. The summed E-state index contributed by atoms with van der Waals surface area (Å²) in [6, 6.07) is 1.93. The molecule has 2 aromatic rings. The molecule has 134 valence electrons. The lowest BCUT2D eigenvalue weighted by Gasteiger charge is -2.30. The average Bonchev–Trinajstić information content (AvgIpc) is 3.02. The van der Waals surface area contributed by atoms with Gasteiger partial charge in [-0.2, -0.15) is 4.98 Å². The smallest absolute Gasteiger partial charge is 0.320 e. The lowest BCUT2D eigenvalue weighted by atomic mass is 10.3. The average molecular weight is 381 g/mol. The zero-order valence-corrected chi connectivity index (χ0v) is 15.9. The van der Waals surface area contributed by atoms with Crippen molar-refractivity contribution in [1.82, 2.24) is 24.5 Å². The van der Waals surface area contributed by atoms with E-state index >= 15 is 0 Å². The first kappa shape index (κ1) is 18.0. The fourth-order valence-corrected chi connectivity index (χ4v) is 4.43. The van der Waals surface area contributed by atoms with Gasteiger partial charge in [0.15, 0.2) is 0 Å². The molecule has 1 saturated heterocycles. The van der Waals surface area contributed by atoms with Gasteiger partial charge in [-0.3, -0.25) is 9.59 Å². The zero-order chi connectivity index (χ0) is 18.0. The van der Waals surface area contributed by atoms with Crippen LogP contribution in [-0.2, 0) is 14.3 Å². The van der Waals surface area contributed by atoms with Crippen LogP contribution in [0.1, 0.15) is 11.4 Å². The molecule has 25 heavy (non-hydrogen) atoms. The molecular formula is C15H19N5O3S2. The molecule has 1 amide bonds. The molecule has 0 bridgehead atoms. The van der Waals surface area contributed by atoms with Crippen molar-refractivity contribution in [3.05, 3.63) is 17.5 Å². The van der Waals surface area contributed by atoms with Gasteiger partial charge in [0.05, 0.1) is 12.9 Å². The Bertz CT molecular complexity index is 810. The van der Waals surface area contributed by atoms with Crippen molar-refractivity contribution in [2.24, 2.45) is 0 Å². The second-order valence-corrected chi connectivity index (χ2v) is 7.91. The van der Waals surface area contributed by atoms with E-state index in [-0.39, 0.29) is 22.9 Å². The summed E-state index contributed by atoms with van der Waals surface area (Å²) < 4.78 is 6.44. The van der Waals surface area contributed by atoms with E-state index in [9.17, 15) is 9.59 Å². The number of carbonyl (C=O) groups excluding carboxylic acids is 2. The van der Waals surface area contributed by atoms with E-state index in [0.717, 1.165) is 17.1 Å². The van der Waals surface area contributed by atoms with Crippen LogP contribution < -0.4 is 0 Å². The molecule has 0 saturated carbocycles. The maximum atomic E-state index is 12.4. The second kappa shape index (κ2) is 7.61. The Morgan fingerprint density at radius 1 is 1.40 bits per heavy atom. The molecule has 3 heterocycles. The summed E-state index contributed by atoms with van der Waals surface area (Å²) >= 11 is 2.81. The number of aryl methyl sites for hydroxylation is 2. The van der Waals surface area contributed by atoms with Crippen LogP contribution in [0.15, 0.2) is 11.2 Å². The molecule has 2 aromatic heterocycles. The standard InChI is InChI=1S/C15H19N5O3S2/c1-9-6-10(2)20-14(16-9)17-15(18-20)25-8-12(21)19-4-5-24-11(7-19)13(22)23-3/h6,11H,4-5,7-8H2,1-3H3/t11-/m1/s1. The molecule has 8 nitrogen and oxygen atoms in total. The number of methoxy groups -OCH3 is 1. The molecule has 1 aliphatic heterocycles.